The molecule has 1 aromatic rings. The maximum absolute atomic E-state index is 12.9. The Morgan fingerprint density at radius 2 is 2.27 bits per heavy atom. The van der Waals surface area contributed by atoms with Crippen molar-refractivity contribution in [2.45, 2.75) is 19.9 Å². The number of nitrogens with one attached hydrogen (secondary N) is 1. The number of hydrogen-bond acceptors (Lipinski definition) is 2. The van der Waals surface area contributed by atoms with Crippen molar-refractivity contribution in [2.24, 2.45) is 0 Å². The highest BCUT2D eigenvalue weighted by Crippen LogP contribution is 2.10. The van der Waals surface area contributed by atoms with Crippen LogP contribution < -0.4 is 5.32 Å². The molecule has 1 amide bonds. The molecule has 0 aromatic heterocycles. The van der Waals surface area contributed by atoms with E-state index in [1.807, 2.05) is 0 Å². The van der Waals surface area contributed by atoms with E-state index in [-0.39, 0.29) is 18.6 Å². The smallest absolute Gasteiger partial charge is 0.251 e. The molecule has 1 atom stereocenters. The zero-order chi connectivity index (χ0) is 11.4. The molecule has 0 aliphatic heterocycles. The second-order valence-electron chi connectivity index (χ2n) is 3.52. The summed E-state index contributed by atoms with van der Waals surface area (Å²) in [6.45, 7) is 3.27. The summed E-state index contributed by atoms with van der Waals surface area (Å²) in [6.07, 6.45) is 0. The van der Waals surface area contributed by atoms with Gasteiger partial charge in [-0.1, -0.05) is 6.07 Å². The molecule has 2 N–H and O–H groups in total. The van der Waals surface area contributed by atoms with Crippen molar-refractivity contribution in [3.63, 3.8) is 0 Å². The molecule has 1 rings (SSSR count). The number of carbonyl (C=O) groups is 1. The van der Waals surface area contributed by atoms with Gasteiger partial charge >= 0.3 is 0 Å². The van der Waals surface area contributed by atoms with Gasteiger partial charge < -0.3 is 10.4 Å². The fraction of sp³-hybridized carbons (Fsp3) is 0.364. The van der Waals surface area contributed by atoms with Crippen LogP contribution in [0.4, 0.5) is 4.39 Å². The van der Waals surface area contributed by atoms with Crippen LogP contribution >= 0.6 is 0 Å². The Bertz CT molecular complexity index is 366. The van der Waals surface area contributed by atoms with E-state index in [2.05, 4.69) is 5.32 Å². The second-order valence-corrected chi connectivity index (χ2v) is 3.52. The third-order valence-corrected chi connectivity index (χ3v) is 2.10. The largest absolute Gasteiger partial charge is 0.394 e. The van der Waals surface area contributed by atoms with Gasteiger partial charge in [0.2, 0.25) is 0 Å². The van der Waals surface area contributed by atoms with E-state index in [9.17, 15) is 9.18 Å². The van der Waals surface area contributed by atoms with Crippen molar-refractivity contribution < 1.29 is 14.3 Å². The molecule has 0 radical (unpaired) electrons. The van der Waals surface area contributed by atoms with Crippen LogP contribution in [0.25, 0.3) is 0 Å². The summed E-state index contributed by atoms with van der Waals surface area (Å²) in [5.41, 5.74) is 1.01. The topological polar surface area (TPSA) is 49.3 Å². The van der Waals surface area contributed by atoms with Crippen LogP contribution in [0.15, 0.2) is 18.2 Å². The Morgan fingerprint density at radius 3 is 2.87 bits per heavy atom. The molecule has 0 saturated heterocycles. The molecule has 3 nitrogen and oxygen atoms in total. The Kier molecular flexibility index (Phi) is 3.80. The van der Waals surface area contributed by atoms with Gasteiger partial charge in [-0.15, -0.1) is 0 Å². The van der Waals surface area contributed by atoms with E-state index in [0.717, 1.165) is 0 Å². The standard InChI is InChI=1S/C11H14FNO2/c1-7-3-4-9(12)5-10(7)11(15)13-8(2)6-14/h3-5,8,14H,6H2,1-2H3,(H,13,15). The van der Waals surface area contributed by atoms with Crippen LogP contribution in [0.3, 0.4) is 0 Å². The molecule has 0 saturated carbocycles. The van der Waals surface area contributed by atoms with E-state index in [0.29, 0.717) is 11.1 Å². The highest BCUT2D eigenvalue weighted by atomic mass is 19.1. The SMILES string of the molecule is Cc1ccc(F)cc1C(=O)NC(C)CO. The van der Waals surface area contributed by atoms with Crippen LogP contribution in [-0.2, 0) is 0 Å². The average molecular weight is 211 g/mol. The van der Waals surface area contributed by atoms with Crippen molar-refractivity contribution in [3.8, 4) is 0 Å². The number of hydrogen-bond donors (Lipinski definition) is 2. The van der Waals surface area contributed by atoms with E-state index < -0.39 is 5.82 Å². The van der Waals surface area contributed by atoms with Crippen LogP contribution in [0, 0.1) is 12.7 Å². The molecule has 1 unspecified atom stereocenters. The second kappa shape index (κ2) is 4.89. The highest BCUT2D eigenvalue weighted by Gasteiger charge is 2.12. The Labute approximate surface area is 87.9 Å². The maximum Gasteiger partial charge on any atom is 0.251 e. The van der Waals surface area contributed by atoms with Gasteiger partial charge in [0.15, 0.2) is 0 Å². The summed E-state index contributed by atoms with van der Waals surface area (Å²) in [4.78, 5) is 11.6. The summed E-state index contributed by atoms with van der Waals surface area (Å²) >= 11 is 0. The van der Waals surface area contributed by atoms with Crippen molar-refractivity contribution in [3.05, 3.63) is 35.1 Å². The highest BCUT2D eigenvalue weighted by molar-refractivity contribution is 5.95. The lowest BCUT2D eigenvalue weighted by atomic mass is 10.1. The maximum atomic E-state index is 12.9. The van der Waals surface area contributed by atoms with Gasteiger partial charge in [0.05, 0.1) is 6.61 Å². The Morgan fingerprint density at radius 1 is 1.60 bits per heavy atom. The van der Waals surface area contributed by atoms with E-state index in [1.165, 1.54) is 12.1 Å². The first-order valence-corrected chi connectivity index (χ1v) is 4.72. The number of aliphatic hydroxyl groups excluding tert-OH is 1. The lowest BCUT2D eigenvalue weighted by Crippen LogP contribution is -2.35. The van der Waals surface area contributed by atoms with E-state index >= 15 is 0 Å². The summed E-state index contributed by atoms with van der Waals surface area (Å²) in [7, 11) is 0. The Balaban J connectivity index is 2.86. The van der Waals surface area contributed by atoms with Crippen LogP contribution in [0.2, 0.25) is 0 Å². The number of aryl methyl sites for hydroxylation is 1. The minimum atomic E-state index is -0.442. The number of rotatable bonds is 3. The summed E-state index contributed by atoms with van der Waals surface area (Å²) in [5.74, 6) is -0.809. The van der Waals surface area contributed by atoms with Crippen molar-refractivity contribution in [2.75, 3.05) is 6.61 Å². The van der Waals surface area contributed by atoms with Gasteiger partial charge in [-0.05, 0) is 31.5 Å². The van der Waals surface area contributed by atoms with Gasteiger partial charge in [0.25, 0.3) is 5.91 Å². The lowest BCUT2D eigenvalue weighted by molar-refractivity contribution is 0.0921. The van der Waals surface area contributed by atoms with E-state index in [1.54, 1.807) is 19.9 Å². The fourth-order valence-corrected chi connectivity index (χ4v) is 1.19. The first-order chi connectivity index (χ1) is 7.04. The third kappa shape index (κ3) is 3.02. The molecular weight excluding hydrogens is 197 g/mol. The molecule has 0 bridgehead atoms. The van der Waals surface area contributed by atoms with Crippen LogP contribution in [-0.4, -0.2) is 23.7 Å². The lowest BCUT2D eigenvalue weighted by Gasteiger charge is -2.12. The predicted molar refractivity (Wildman–Crippen MR) is 55.2 cm³/mol. The first-order valence-electron chi connectivity index (χ1n) is 4.72. The van der Waals surface area contributed by atoms with Crippen molar-refractivity contribution in [1.29, 1.82) is 0 Å². The van der Waals surface area contributed by atoms with Gasteiger partial charge in [-0.2, -0.15) is 0 Å². The van der Waals surface area contributed by atoms with Gasteiger partial charge in [0.1, 0.15) is 5.82 Å². The fourth-order valence-electron chi connectivity index (χ4n) is 1.19. The number of halogens is 1. The summed E-state index contributed by atoms with van der Waals surface area (Å²) < 4.78 is 12.9. The van der Waals surface area contributed by atoms with Crippen LogP contribution in [0.1, 0.15) is 22.8 Å². The van der Waals surface area contributed by atoms with Gasteiger partial charge in [0, 0.05) is 11.6 Å². The molecule has 0 heterocycles. The molecule has 0 spiro atoms. The zero-order valence-corrected chi connectivity index (χ0v) is 8.75. The molecule has 1 aromatic carbocycles. The molecule has 0 aliphatic rings. The summed E-state index contributed by atoms with van der Waals surface area (Å²) in [6, 6.07) is 3.71. The molecule has 0 aliphatic carbocycles. The number of benzene rings is 1. The number of amides is 1. The molecule has 82 valence electrons. The third-order valence-electron chi connectivity index (χ3n) is 2.10. The Hall–Kier alpha value is -1.42. The molecule has 4 heteroatoms. The molecule has 0 fully saturated rings. The van der Waals surface area contributed by atoms with Crippen LogP contribution in [0.5, 0.6) is 0 Å². The number of carbonyl (C=O) groups excluding carboxylic acids is 1. The normalized spacial score (nSPS) is 12.3. The summed E-state index contributed by atoms with van der Waals surface area (Å²) in [5, 5.41) is 11.3. The monoisotopic (exact) mass is 211 g/mol. The zero-order valence-electron chi connectivity index (χ0n) is 8.75. The molecular formula is C11H14FNO2. The van der Waals surface area contributed by atoms with Crippen molar-refractivity contribution in [1.82, 2.24) is 5.32 Å². The molecule has 15 heavy (non-hydrogen) atoms. The minimum absolute atomic E-state index is 0.139. The van der Waals surface area contributed by atoms with Gasteiger partial charge in [-0.25, -0.2) is 4.39 Å². The van der Waals surface area contributed by atoms with Crippen molar-refractivity contribution >= 4 is 5.91 Å². The average Bonchev–Trinajstić information content (AvgIpc) is 2.21. The van der Waals surface area contributed by atoms with Gasteiger partial charge in [-0.3, -0.25) is 4.79 Å². The number of aliphatic hydroxyl groups is 1. The first kappa shape index (κ1) is 11.7. The van der Waals surface area contributed by atoms with E-state index in [4.69, 9.17) is 5.11 Å². The predicted octanol–water partition coefficient (Wildman–Crippen LogP) is 1.24. The minimum Gasteiger partial charge on any atom is -0.394 e. The quantitative estimate of drug-likeness (QED) is 0.790.